The van der Waals surface area contributed by atoms with Gasteiger partial charge in [-0.2, -0.15) is 0 Å². The second-order valence-corrected chi connectivity index (χ2v) is 4.69. The Labute approximate surface area is 122 Å². The number of aromatic nitrogens is 1. The summed E-state index contributed by atoms with van der Waals surface area (Å²) < 4.78 is 5.90. The highest BCUT2D eigenvalue weighted by molar-refractivity contribution is 5.96. The Morgan fingerprint density at radius 1 is 1.05 bits per heavy atom. The normalized spacial score (nSPS) is 10.5. The Balaban J connectivity index is 1.89. The van der Waals surface area contributed by atoms with Crippen LogP contribution in [0.2, 0.25) is 0 Å². The van der Waals surface area contributed by atoms with Crippen molar-refractivity contribution >= 4 is 16.7 Å². The van der Waals surface area contributed by atoms with E-state index in [1.54, 1.807) is 6.20 Å². The SMILES string of the molecule is N=C(N)c1ccccc1COc1cccc2ncccc12. The average molecular weight is 277 g/mol. The minimum absolute atomic E-state index is 0.0498. The van der Waals surface area contributed by atoms with Crippen LogP contribution in [0.5, 0.6) is 5.75 Å². The van der Waals surface area contributed by atoms with E-state index >= 15 is 0 Å². The maximum atomic E-state index is 7.60. The molecule has 0 spiro atoms. The predicted molar refractivity (Wildman–Crippen MR) is 83.5 cm³/mol. The molecule has 4 nitrogen and oxygen atoms in total. The first-order valence-electron chi connectivity index (χ1n) is 6.64. The number of nitrogen functional groups attached to an aromatic ring is 1. The van der Waals surface area contributed by atoms with E-state index in [-0.39, 0.29) is 5.84 Å². The molecule has 0 aliphatic heterocycles. The number of nitrogens with two attached hydrogens (primary N) is 1. The van der Waals surface area contributed by atoms with Gasteiger partial charge in [0, 0.05) is 22.7 Å². The second kappa shape index (κ2) is 5.63. The summed E-state index contributed by atoms with van der Waals surface area (Å²) in [7, 11) is 0. The average Bonchev–Trinajstić information content (AvgIpc) is 2.53. The Kier molecular flexibility index (Phi) is 3.51. The van der Waals surface area contributed by atoms with Crippen LogP contribution < -0.4 is 10.5 Å². The van der Waals surface area contributed by atoms with Crippen molar-refractivity contribution in [2.24, 2.45) is 5.73 Å². The van der Waals surface area contributed by atoms with Crippen molar-refractivity contribution in [3.8, 4) is 5.75 Å². The first-order valence-corrected chi connectivity index (χ1v) is 6.64. The van der Waals surface area contributed by atoms with Crippen molar-refractivity contribution in [1.82, 2.24) is 4.98 Å². The minimum Gasteiger partial charge on any atom is -0.488 e. The smallest absolute Gasteiger partial charge is 0.129 e. The summed E-state index contributed by atoms with van der Waals surface area (Å²) in [6, 6.07) is 17.2. The van der Waals surface area contributed by atoms with Crippen LogP contribution in [0, 0.1) is 5.41 Å². The van der Waals surface area contributed by atoms with Gasteiger partial charge in [-0.25, -0.2) is 0 Å². The minimum atomic E-state index is 0.0498. The number of nitrogens with one attached hydrogen (secondary N) is 1. The fourth-order valence-corrected chi connectivity index (χ4v) is 2.27. The second-order valence-electron chi connectivity index (χ2n) is 4.69. The van der Waals surface area contributed by atoms with Gasteiger partial charge >= 0.3 is 0 Å². The van der Waals surface area contributed by atoms with Gasteiger partial charge in [0.25, 0.3) is 0 Å². The highest BCUT2D eigenvalue weighted by Crippen LogP contribution is 2.24. The van der Waals surface area contributed by atoms with Crippen molar-refractivity contribution in [3.05, 3.63) is 71.9 Å². The fourth-order valence-electron chi connectivity index (χ4n) is 2.27. The molecule has 3 rings (SSSR count). The molecule has 3 aromatic rings. The largest absolute Gasteiger partial charge is 0.488 e. The molecule has 0 fully saturated rings. The van der Waals surface area contributed by atoms with Crippen molar-refractivity contribution in [1.29, 1.82) is 5.41 Å². The fraction of sp³-hybridized carbons (Fsp3) is 0.0588. The molecular formula is C17H15N3O. The first kappa shape index (κ1) is 13.1. The topological polar surface area (TPSA) is 72.0 Å². The molecule has 0 saturated heterocycles. The van der Waals surface area contributed by atoms with Gasteiger partial charge in [-0.1, -0.05) is 30.3 Å². The van der Waals surface area contributed by atoms with Gasteiger partial charge < -0.3 is 10.5 Å². The lowest BCUT2D eigenvalue weighted by Crippen LogP contribution is -2.14. The summed E-state index contributed by atoms with van der Waals surface area (Å²) >= 11 is 0. The molecule has 0 unspecified atom stereocenters. The third kappa shape index (κ3) is 2.69. The Hall–Kier alpha value is -2.88. The molecule has 3 N–H and O–H groups in total. The molecule has 104 valence electrons. The van der Waals surface area contributed by atoms with Gasteiger partial charge in [-0.3, -0.25) is 10.4 Å². The van der Waals surface area contributed by atoms with Gasteiger partial charge in [0.05, 0.1) is 5.52 Å². The molecule has 0 radical (unpaired) electrons. The number of benzene rings is 2. The lowest BCUT2D eigenvalue weighted by molar-refractivity contribution is 0.310. The van der Waals surface area contributed by atoms with Crippen LogP contribution in [0.25, 0.3) is 10.9 Å². The van der Waals surface area contributed by atoms with Crippen molar-refractivity contribution < 1.29 is 4.74 Å². The number of ether oxygens (including phenoxy) is 1. The molecule has 0 aliphatic carbocycles. The first-order chi connectivity index (χ1) is 10.3. The van der Waals surface area contributed by atoms with Crippen LogP contribution >= 0.6 is 0 Å². The molecule has 0 saturated carbocycles. The zero-order valence-corrected chi connectivity index (χ0v) is 11.4. The highest BCUT2D eigenvalue weighted by Gasteiger charge is 2.07. The van der Waals surface area contributed by atoms with Gasteiger partial charge in [0.15, 0.2) is 0 Å². The third-order valence-electron chi connectivity index (χ3n) is 3.30. The number of hydrogen-bond donors (Lipinski definition) is 2. The molecule has 21 heavy (non-hydrogen) atoms. The molecular weight excluding hydrogens is 262 g/mol. The summed E-state index contributed by atoms with van der Waals surface area (Å²) in [6.07, 6.45) is 1.76. The van der Waals surface area contributed by atoms with E-state index in [1.807, 2.05) is 54.6 Å². The van der Waals surface area contributed by atoms with Gasteiger partial charge in [-0.05, 0) is 24.3 Å². The molecule has 0 bridgehead atoms. The zero-order valence-electron chi connectivity index (χ0n) is 11.4. The van der Waals surface area contributed by atoms with Crippen LogP contribution in [0.4, 0.5) is 0 Å². The number of nitrogens with zero attached hydrogens (tertiary/aromatic N) is 1. The number of fused-ring (bicyclic) bond motifs is 1. The number of amidine groups is 1. The standard InChI is InChI=1S/C17H15N3O/c18-17(19)13-6-2-1-5-12(13)11-21-16-9-3-8-15-14(16)7-4-10-20-15/h1-10H,11H2,(H3,18,19). The quantitative estimate of drug-likeness (QED) is 0.568. The van der Waals surface area contributed by atoms with Gasteiger partial charge in [-0.15, -0.1) is 0 Å². The highest BCUT2D eigenvalue weighted by atomic mass is 16.5. The van der Waals surface area contributed by atoms with E-state index in [0.29, 0.717) is 12.2 Å². The van der Waals surface area contributed by atoms with Crippen LogP contribution in [0.1, 0.15) is 11.1 Å². The van der Waals surface area contributed by atoms with Gasteiger partial charge in [0.2, 0.25) is 0 Å². The third-order valence-corrected chi connectivity index (χ3v) is 3.30. The zero-order chi connectivity index (χ0) is 14.7. The molecule has 2 aromatic carbocycles. The summed E-state index contributed by atoms with van der Waals surface area (Å²) in [6.45, 7) is 0.365. The molecule has 0 aliphatic rings. The maximum absolute atomic E-state index is 7.60. The van der Waals surface area contributed by atoms with Crippen molar-refractivity contribution in [2.45, 2.75) is 6.61 Å². The summed E-state index contributed by atoms with van der Waals surface area (Å²) in [5, 5.41) is 8.58. The van der Waals surface area contributed by atoms with E-state index in [2.05, 4.69) is 4.98 Å². The van der Waals surface area contributed by atoms with Crippen LogP contribution in [0.3, 0.4) is 0 Å². The monoisotopic (exact) mass is 277 g/mol. The number of rotatable bonds is 4. The van der Waals surface area contributed by atoms with Crippen LogP contribution in [-0.4, -0.2) is 10.8 Å². The lowest BCUT2D eigenvalue weighted by atomic mass is 10.1. The summed E-state index contributed by atoms with van der Waals surface area (Å²) in [5.74, 6) is 0.827. The van der Waals surface area contributed by atoms with E-state index < -0.39 is 0 Å². The number of pyridine rings is 1. The Bertz CT molecular complexity index is 793. The van der Waals surface area contributed by atoms with Crippen molar-refractivity contribution in [2.75, 3.05) is 0 Å². The van der Waals surface area contributed by atoms with Crippen molar-refractivity contribution in [3.63, 3.8) is 0 Å². The summed E-state index contributed by atoms with van der Waals surface area (Å²) in [4.78, 5) is 4.31. The van der Waals surface area contributed by atoms with E-state index in [1.165, 1.54) is 0 Å². The molecule has 1 heterocycles. The summed E-state index contributed by atoms with van der Waals surface area (Å²) in [5.41, 5.74) is 8.09. The van der Waals surface area contributed by atoms with E-state index in [9.17, 15) is 0 Å². The Morgan fingerprint density at radius 3 is 2.76 bits per heavy atom. The van der Waals surface area contributed by atoms with Crippen LogP contribution in [0.15, 0.2) is 60.8 Å². The number of hydrogen-bond acceptors (Lipinski definition) is 3. The lowest BCUT2D eigenvalue weighted by Gasteiger charge is -2.11. The van der Waals surface area contributed by atoms with Gasteiger partial charge in [0.1, 0.15) is 18.2 Å². The predicted octanol–water partition coefficient (Wildman–Crippen LogP) is 3.10. The molecule has 1 aromatic heterocycles. The molecule has 4 heteroatoms. The maximum Gasteiger partial charge on any atom is 0.129 e. The van der Waals surface area contributed by atoms with Crippen LogP contribution in [-0.2, 0) is 6.61 Å². The van der Waals surface area contributed by atoms with E-state index in [0.717, 1.165) is 22.2 Å². The Morgan fingerprint density at radius 2 is 1.90 bits per heavy atom. The molecule has 0 amide bonds. The van der Waals surface area contributed by atoms with E-state index in [4.69, 9.17) is 15.9 Å². The molecule has 0 atom stereocenters.